The minimum atomic E-state index is -0.0858. The summed E-state index contributed by atoms with van der Waals surface area (Å²) in [5, 5.41) is 10.9. The summed E-state index contributed by atoms with van der Waals surface area (Å²) in [6.07, 6.45) is 3.67. The predicted molar refractivity (Wildman–Crippen MR) is 72.7 cm³/mol. The van der Waals surface area contributed by atoms with E-state index in [0.29, 0.717) is 23.0 Å². The van der Waals surface area contributed by atoms with Crippen LogP contribution in [-0.2, 0) is 0 Å². The van der Waals surface area contributed by atoms with Crippen molar-refractivity contribution in [1.82, 2.24) is 15.1 Å². The van der Waals surface area contributed by atoms with Gasteiger partial charge in [-0.2, -0.15) is 0 Å². The molecule has 2 rings (SSSR count). The predicted octanol–water partition coefficient (Wildman–Crippen LogP) is 2.83. The first-order chi connectivity index (χ1) is 8.59. The fourth-order valence-electron chi connectivity index (χ4n) is 2.97. The molecule has 1 N–H and O–H groups in total. The van der Waals surface area contributed by atoms with Gasteiger partial charge in [0.25, 0.3) is 0 Å². The molecule has 1 saturated carbocycles. The maximum atomic E-state index is 12.2. The number of carbonyl (C=O) groups is 1. The van der Waals surface area contributed by atoms with E-state index in [0.717, 1.165) is 0 Å². The van der Waals surface area contributed by atoms with E-state index in [4.69, 9.17) is 0 Å². The largest absolute Gasteiger partial charge is 0.324 e. The molecule has 18 heavy (non-hydrogen) atoms. The number of aromatic nitrogens is 2. The van der Waals surface area contributed by atoms with Crippen molar-refractivity contribution in [1.29, 1.82) is 0 Å². The third-order valence-corrected chi connectivity index (χ3v) is 4.43. The van der Waals surface area contributed by atoms with Crippen molar-refractivity contribution < 1.29 is 4.79 Å². The van der Waals surface area contributed by atoms with Crippen molar-refractivity contribution in [3.63, 3.8) is 0 Å². The van der Waals surface area contributed by atoms with Gasteiger partial charge in [-0.25, -0.2) is 4.79 Å². The molecule has 0 aliphatic heterocycles. The summed E-state index contributed by atoms with van der Waals surface area (Å²) < 4.78 is 0. The molecule has 0 radical (unpaired) electrons. The van der Waals surface area contributed by atoms with Crippen LogP contribution in [0.4, 0.5) is 9.93 Å². The van der Waals surface area contributed by atoms with Gasteiger partial charge in [0.15, 0.2) is 0 Å². The summed E-state index contributed by atoms with van der Waals surface area (Å²) >= 11 is 1.34. The molecule has 0 aromatic carbocycles. The van der Waals surface area contributed by atoms with Gasteiger partial charge in [0.1, 0.15) is 5.51 Å². The summed E-state index contributed by atoms with van der Waals surface area (Å²) in [6, 6.07) is 0.226. The van der Waals surface area contributed by atoms with Crippen LogP contribution in [0.25, 0.3) is 0 Å². The zero-order chi connectivity index (χ0) is 13.1. The van der Waals surface area contributed by atoms with Crippen LogP contribution in [0.15, 0.2) is 5.51 Å². The van der Waals surface area contributed by atoms with E-state index in [9.17, 15) is 4.79 Å². The Bertz CT molecular complexity index is 385. The lowest BCUT2D eigenvalue weighted by Gasteiger charge is -2.40. The normalized spacial score (nSPS) is 24.8. The average molecular weight is 268 g/mol. The highest BCUT2D eigenvalue weighted by molar-refractivity contribution is 7.13. The highest BCUT2D eigenvalue weighted by Crippen LogP contribution is 2.32. The monoisotopic (exact) mass is 268 g/mol. The average Bonchev–Trinajstić information content (AvgIpc) is 2.81. The Morgan fingerprint density at radius 3 is 2.67 bits per heavy atom. The van der Waals surface area contributed by atoms with Crippen LogP contribution >= 0.6 is 11.3 Å². The van der Waals surface area contributed by atoms with E-state index >= 15 is 0 Å². The quantitative estimate of drug-likeness (QED) is 0.897. The van der Waals surface area contributed by atoms with Gasteiger partial charge in [-0.15, -0.1) is 10.2 Å². The molecule has 1 fully saturated rings. The molecule has 1 aliphatic rings. The van der Waals surface area contributed by atoms with Crippen LogP contribution in [0.5, 0.6) is 0 Å². The van der Waals surface area contributed by atoms with Crippen LogP contribution < -0.4 is 5.32 Å². The molecular weight excluding hydrogens is 248 g/mol. The molecule has 0 spiro atoms. The molecule has 1 aliphatic carbocycles. The molecule has 2 amide bonds. The van der Waals surface area contributed by atoms with E-state index in [1.165, 1.54) is 30.6 Å². The lowest BCUT2D eigenvalue weighted by Crippen LogP contribution is -2.48. The van der Waals surface area contributed by atoms with Crippen LogP contribution in [0.2, 0.25) is 0 Å². The number of urea groups is 1. The van der Waals surface area contributed by atoms with E-state index < -0.39 is 0 Å². The SMILES string of the molecule is C[C@H]1CCC[C@H](C)C1N(C)C(=O)Nc1nncs1. The molecule has 1 aromatic heterocycles. The number of anilines is 1. The Morgan fingerprint density at radius 2 is 2.11 bits per heavy atom. The lowest BCUT2D eigenvalue weighted by atomic mass is 9.78. The highest BCUT2D eigenvalue weighted by Gasteiger charge is 2.33. The second kappa shape index (κ2) is 5.65. The van der Waals surface area contributed by atoms with Crippen LogP contribution in [-0.4, -0.2) is 34.2 Å². The molecule has 2 atom stereocenters. The van der Waals surface area contributed by atoms with Gasteiger partial charge in [-0.1, -0.05) is 31.6 Å². The summed E-state index contributed by atoms with van der Waals surface area (Å²) in [4.78, 5) is 14.0. The second-order valence-electron chi connectivity index (χ2n) is 5.16. The maximum absolute atomic E-state index is 12.2. The maximum Gasteiger partial charge on any atom is 0.323 e. The Balaban J connectivity index is 2.00. The van der Waals surface area contributed by atoms with Crippen molar-refractivity contribution in [3.05, 3.63) is 5.51 Å². The number of hydrogen-bond acceptors (Lipinski definition) is 4. The zero-order valence-corrected chi connectivity index (χ0v) is 11.9. The number of nitrogens with one attached hydrogen (secondary N) is 1. The van der Waals surface area contributed by atoms with Gasteiger partial charge in [0.05, 0.1) is 0 Å². The second-order valence-corrected chi connectivity index (χ2v) is 5.99. The Morgan fingerprint density at radius 1 is 1.44 bits per heavy atom. The fraction of sp³-hybridized carbons (Fsp3) is 0.750. The molecular formula is C12H20N4OS. The van der Waals surface area contributed by atoms with Gasteiger partial charge in [0.2, 0.25) is 5.13 Å². The molecule has 0 unspecified atom stereocenters. The van der Waals surface area contributed by atoms with Crippen molar-refractivity contribution >= 4 is 22.5 Å². The van der Waals surface area contributed by atoms with Gasteiger partial charge in [0, 0.05) is 13.1 Å². The Labute approximate surface area is 112 Å². The van der Waals surface area contributed by atoms with E-state index in [1.54, 1.807) is 5.51 Å². The lowest BCUT2D eigenvalue weighted by molar-refractivity contribution is 0.115. The number of hydrogen-bond donors (Lipinski definition) is 1. The van der Waals surface area contributed by atoms with E-state index in [-0.39, 0.29) is 6.03 Å². The van der Waals surface area contributed by atoms with Gasteiger partial charge in [-0.3, -0.25) is 5.32 Å². The number of nitrogens with zero attached hydrogens (tertiary/aromatic N) is 3. The van der Waals surface area contributed by atoms with Gasteiger partial charge in [-0.05, 0) is 24.7 Å². The van der Waals surface area contributed by atoms with Crippen LogP contribution in [0, 0.1) is 11.8 Å². The first-order valence-corrected chi connectivity index (χ1v) is 7.27. The summed E-state index contributed by atoms with van der Waals surface area (Å²) in [6.45, 7) is 4.46. The van der Waals surface area contributed by atoms with Crippen molar-refractivity contribution in [2.45, 2.75) is 39.2 Å². The highest BCUT2D eigenvalue weighted by atomic mass is 32.1. The minimum absolute atomic E-state index is 0.0858. The molecule has 100 valence electrons. The summed E-state index contributed by atoms with van der Waals surface area (Å²) in [7, 11) is 1.87. The first-order valence-electron chi connectivity index (χ1n) is 6.39. The molecule has 0 bridgehead atoms. The number of rotatable bonds is 2. The van der Waals surface area contributed by atoms with Crippen molar-refractivity contribution in [3.8, 4) is 0 Å². The minimum Gasteiger partial charge on any atom is -0.324 e. The molecule has 5 nitrogen and oxygen atoms in total. The number of carbonyl (C=O) groups excluding carboxylic acids is 1. The number of amides is 2. The Kier molecular flexibility index (Phi) is 4.16. The van der Waals surface area contributed by atoms with E-state index in [1.807, 2.05) is 11.9 Å². The Hall–Kier alpha value is -1.17. The smallest absolute Gasteiger partial charge is 0.323 e. The third-order valence-electron chi connectivity index (χ3n) is 3.83. The van der Waals surface area contributed by atoms with E-state index in [2.05, 4.69) is 29.4 Å². The van der Waals surface area contributed by atoms with Gasteiger partial charge < -0.3 is 4.90 Å². The molecule has 1 heterocycles. The van der Waals surface area contributed by atoms with Crippen molar-refractivity contribution in [2.75, 3.05) is 12.4 Å². The fourth-order valence-corrected chi connectivity index (χ4v) is 3.40. The van der Waals surface area contributed by atoms with Crippen LogP contribution in [0.1, 0.15) is 33.1 Å². The summed E-state index contributed by atoms with van der Waals surface area (Å²) in [5.74, 6) is 1.11. The molecule has 1 aromatic rings. The first kappa shape index (κ1) is 13.3. The van der Waals surface area contributed by atoms with Gasteiger partial charge >= 0.3 is 6.03 Å². The topological polar surface area (TPSA) is 58.1 Å². The molecule has 6 heteroatoms. The molecule has 0 saturated heterocycles. The van der Waals surface area contributed by atoms with Crippen molar-refractivity contribution in [2.24, 2.45) is 11.8 Å². The standard InChI is InChI=1S/C12H20N4OS/c1-8-5-4-6-9(2)10(8)16(3)12(17)14-11-15-13-7-18-11/h7-10H,4-6H2,1-3H3,(H,14,15,17)/t8-,9-/m0/s1. The summed E-state index contributed by atoms with van der Waals surface area (Å²) in [5.41, 5.74) is 1.61. The third kappa shape index (κ3) is 2.80. The van der Waals surface area contributed by atoms with Crippen LogP contribution in [0.3, 0.4) is 0 Å². The zero-order valence-electron chi connectivity index (χ0n) is 11.1.